The van der Waals surface area contributed by atoms with Crippen LogP contribution in [-0.2, 0) is 28.6 Å². The summed E-state index contributed by atoms with van der Waals surface area (Å²) in [5, 5.41) is 0. The Kier molecular flexibility index (Phi) is 39.4. The molecule has 6 nitrogen and oxygen atoms in total. The van der Waals surface area contributed by atoms with E-state index >= 15 is 0 Å². The van der Waals surface area contributed by atoms with Crippen LogP contribution >= 0.6 is 0 Å². The van der Waals surface area contributed by atoms with Crippen LogP contribution < -0.4 is 0 Å². The first-order valence-electron chi connectivity index (χ1n) is 24.1. The van der Waals surface area contributed by atoms with E-state index in [1.54, 1.807) is 0 Å². The second kappa shape index (κ2) is 40.6. The monoisotopic (exact) mass is 779 g/mol. The molecular weight excluding hydrogens is 685 g/mol. The average Bonchev–Trinajstić information content (AvgIpc) is 3.15. The first kappa shape index (κ1) is 53.4. The van der Waals surface area contributed by atoms with Gasteiger partial charge in [0.05, 0.1) is 0 Å². The second-order valence-electron chi connectivity index (χ2n) is 17.9. The van der Waals surface area contributed by atoms with Gasteiger partial charge in [-0.1, -0.05) is 221 Å². The Bertz CT molecular complexity index is 854. The Morgan fingerprint density at radius 1 is 0.364 bits per heavy atom. The van der Waals surface area contributed by atoms with E-state index in [9.17, 15) is 14.4 Å². The number of carbonyl (C=O) groups excluding carboxylic acids is 3. The summed E-state index contributed by atoms with van der Waals surface area (Å²) in [5.74, 6) is 1.58. The number of rotatable bonds is 42. The predicted molar refractivity (Wildman–Crippen MR) is 233 cm³/mol. The minimum Gasteiger partial charge on any atom is -0.462 e. The minimum absolute atomic E-state index is 0.0668. The van der Waals surface area contributed by atoms with Gasteiger partial charge in [-0.3, -0.25) is 14.4 Å². The SMILES string of the molecule is CCC(C)CCCCCCCCC(=O)OC[C@@H](COC(=O)CCCCCCCCCC(C)C)OC(=O)CCCCCCCCCCCCCCCCC(C)C. The minimum atomic E-state index is -0.762. The van der Waals surface area contributed by atoms with Crippen molar-refractivity contribution in [2.45, 2.75) is 266 Å². The number of unbranched alkanes of at least 4 members (excludes halogenated alkanes) is 24. The smallest absolute Gasteiger partial charge is 0.306 e. The van der Waals surface area contributed by atoms with Crippen LogP contribution in [-0.4, -0.2) is 37.2 Å². The number of ether oxygens (including phenoxy) is 3. The summed E-state index contributed by atoms with van der Waals surface area (Å²) in [4.78, 5) is 37.8. The quantitative estimate of drug-likeness (QED) is 0.0349. The maximum absolute atomic E-state index is 12.7. The number of hydrogen-bond donors (Lipinski definition) is 0. The van der Waals surface area contributed by atoms with E-state index in [1.165, 1.54) is 141 Å². The zero-order chi connectivity index (χ0) is 40.6. The van der Waals surface area contributed by atoms with Crippen molar-refractivity contribution < 1.29 is 28.6 Å². The lowest BCUT2D eigenvalue weighted by Crippen LogP contribution is -2.30. The fourth-order valence-corrected chi connectivity index (χ4v) is 7.20. The standard InChI is InChI=1S/C49H94O6/c1-7-45(6)37-31-25-21-22-27-33-39-48(51)54-42-46(41-53-47(50)38-32-26-20-16-18-24-30-36-44(4)5)55-49(52)40-34-28-19-15-13-11-9-8-10-12-14-17-23-29-35-43(2)3/h43-46H,7-42H2,1-6H3/t45?,46-/m1/s1. The molecule has 6 heteroatoms. The Morgan fingerprint density at radius 2 is 0.636 bits per heavy atom. The first-order valence-corrected chi connectivity index (χ1v) is 24.1. The molecule has 0 radical (unpaired) electrons. The molecule has 0 aromatic carbocycles. The fraction of sp³-hybridized carbons (Fsp3) is 0.939. The number of esters is 3. The highest BCUT2D eigenvalue weighted by Crippen LogP contribution is 2.17. The van der Waals surface area contributed by atoms with Crippen molar-refractivity contribution in [2.75, 3.05) is 13.2 Å². The van der Waals surface area contributed by atoms with Crippen LogP contribution in [0.4, 0.5) is 0 Å². The van der Waals surface area contributed by atoms with Gasteiger partial charge in [-0.2, -0.15) is 0 Å². The Labute approximate surface area is 342 Å². The fourth-order valence-electron chi connectivity index (χ4n) is 7.20. The molecule has 0 amide bonds. The molecule has 2 atom stereocenters. The van der Waals surface area contributed by atoms with E-state index in [0.29, 0.717) is 19.3 Å². The van der Waals surface area contributed by atoms with Crippen molar-refractivity contribution in [3.05, 3.63) is 0 Å². The summed E-state index contributed by atoms with van der Waals surface area (Å²) >= 11 is 0. The molecule has 0 aromatic heterocycles. The molecule has 0 aromatic rings. The summed E-state index contributed by atoms with van der Waals surface area (Å²) in [6, 6.07) is 0. The number of hydrogen-bond acceptors (Lipinski definition) is 6. The maximum atomic E-state index is 12.7. The van der Waals surface area contributed by atoms with Crippen LogP contribution in [0.2, 0.25) is 0 Å². The van der Waals surface area contributed by atoms with E-state index in [2.05, 4.69) is 41.5 Å². The topological polar surface area (TPSA) is 78.9 Å². The van der Waals surface area contributed by atoms with Crippen molar-refractivity contribution in [3.63, 3.8) is 0 Å². The van der Waals surface area contributed by atoms with Crippen LogP contribution in [0.1, 0.15) is 260 Å². The predicted octanol–water partition coefficient (Wildman–Crippen LogP) is 15.2. The van der Waals surface area contributed by atoms with Crippen LogP contribution in [0.25, 0.3) is 0 Å². The van der Waals surface area contributed by atoms with Gasteiger partial charge in [0.1, 0.15) is 13.2 Å². The van der Waals surface area contributed by atoms with Gasteiger partial charge in [0, 0.05) is 19.3 Å². The van der Waals surface area contributed by atoms with Gasteiger partial charge in [0.15, 0.2) is 6.10 Å². The maximum Gasteiger partial charge on any atom is 0.306 e. The van der Waals surface area contributed by atoms with Gasteiger partial charge in [0.2, 0.25) is 0 Å². The van der Waals surface area contributed by atoms with Crippen molar-refractivity contribution in [1.29, 1.82) is 0 Å². The average molecular weight is 779 g/mol. The largest absolute Gasteiger partial charge is 0.462 e. The van der Waals surface area contributed by atoms with Gasteiger partial charge in [0.25, 0.3) is 0 Å². The molecule has 0 bridgehead atoms. The van der Waals surface area contributed by atoms with Crippen LogP contribution in [0.3, 0.4) is 0 Å². The third kappa shape index (κ3) is 41.9. The lowest BCUT2D eigenvalue weighted by Gasteiger charge is -2.18. The number of carbonyl (C=O) groups is 3. The Hall–Kier alpha value is -1.59. The molecule has 0 aliphatic heterocycles. The van der Waals surface area contributed by atoms with E-state index in [4.69, 9.17) is 14.2 Å². The third-order valence-electron chi connectivity index (χ3n) is 11.3. The zero-order valence-electron chi connectivity index (χ0n) is 37.7. The lowest BCUT2D eigenvalue weighted by molar-refractivity contribution is -0.167. The van der Waals surface area contributed by atoms with E-state index in [0.717, 1.165) is 75.5 Å². The van der Waals surface area contributed by atoms with Crippen molar-refractivity contribution in [1.82, 2.24) is 0 Å². The van der Waals surface area contributed by atoms with Gasteiger partial charge in [-0.25, -0.2) is 0 Å². The lowest BCUT2D eigenvalue weighted by atomic mass is 10.00. The highest BCUT2D eigenvalue weighted by atomic mass is 16.6. The molecule has 55 heavy (non-hydrogen) atoms. The van der Waals surface area contributed by atoms with Crippen molar-refractivity contribution >= 4 is 17.9 Å². The molecule has 0 N–H and O–H groups in total. The normalized spacial score (nSPS) is 12.7. The first-order chi connectivity index (χ1) is 26.6. The summed E-state index contributed by atoms with van der Waals surface area (Å²) in [6.07, 6.45) is 38.1. The van der Waals surface area contributed by atoms with Gasteiger partial charge in [-0.05, 0) is 37.0 Å². The van der Waals surface area contributed by atoms with E-state index in [1.807, 2.05) is 0 Å². The van der Waals surface area contributed by atoms with Crippen LogP contribution in [0.15, 0.2) is 0 Å². The van der Waals surface area contributed by atoms with Crippen LogP contribution in [0, 0.1) is 17.8 Å². The molecule has 0 heterocycles. The Balaban J connectivity index is 4.30. The molecule has 0 saturated carbocycles. The highest BCUT2D eigenvalue weighted by molar-refractivity contribution is 5.71. The van der Waals surface area contributed by atoms with E-state index < -0.39 is 6.10 Å². The summed E-state index contributed by atoms with van der Waals surface area (Å²) < 4.78 is 16.7. The second-order valence-corrected chi connectivity index (χ2v) is 17.9. The molecule has 1 unspecified atom stereocenters. The molecule has 326 valence electrons. The molecule has 0 aliphatic rings. The van der Waals surface area contributed by atoms with Crippen molar-refractivity contribution in [3.8, 4) is 0 Å². The highest BCUT2D eigenvalue weighted by Gasteiger charge is 2.19. The van der Waals surface area contributed by atoms with Gasteiger partial charge < -0.3 is 14.2 Å². The molecule has 0 aliphatic carbocycles. The zero-order valence-corrected chi connectivity index (χ0v) is 37.7. The molecule has 0 spiro atoms. The van der Waals surface area contributed by atoms with Gasteiger partial charge >= 0.3 is 17.9 Å². The van der Waals surface area contributed by atoms with Gasteiger partial charge in [-0.15, -0.1) is 0 Å². The van der Waals surface area contributed by atoms with Crippen molar-refractivity contribution in [2.24, 2.45) is 17.8 Å². The molecular formula is C49H94O6. The molecule has 0 saturated heterocycles. The van der Waals surface area contributed by atoms with Crippen LogP contribution in [0.5, 0.6) is 0 Å². The van der Waals surface area contributed by atoms with E-state index in [-0.39, 0.29) is 31.1 Å². The Morgan fingerprint density at radius 3 is 0.945 bits per heavy atom. The summed E-state index contributed by atoms with van der Waals surface area (Å²) in [5.41, 5.74) is 0. The third-order valence-corrected chi connectivity index (χ3v) is 11.3. The summed E-state index contributed by atoms with van der Waals surface area (Å²) in [7, 11) is 0. The molecule has 0 fully saturated rings. The summed E-state index contributed by atoms with van der Waals surface area (Å²) in [6.45, 7) is 13.6. The molecule has 0 rings (SSSR count).